The van der Waals surface area contributed by atoms with E-state index in [1.54, 1.807) is 0 Å². The van der Waals surface area contributed by atoms with Crippen LogP contribution in [0.2, 0.25) is 0 Å². The van der Waals surface area contributed by atoms with Crippen LogP contribution in [0.4, 0.5) is 0 Å². The van der Waals surface area contributed by atoms with Gasteiger partial charge in [0.25, 0.3) is 5.89 Å². The van der Waals surface area contributed by atoms with Crippen molar-refractivity contribution in [3.05, 3.63) is 42.4 Å². The smallest absolute Gasteiger partial charge is 0.384 e. The number of oxazole rings is 1. The second kappa shape index (κ2) is 4.61. The van der Waals surface area contributed by atoms with Gasteiger partial charge in [0.05, 0.1) is 13.3 Å². The first-order valence-corrected chi connectivity index (χ1v) is 4.86. The molecule has 0 fully saturated rings. The summed E-state index contributed by atoms with van der Waals surface area (Å²) >= 11 is 0. The Morgan fingerprint density at radius 1 is 1.24 bits per heavy atom. The Morgan fingerprint density at radius 2 is 1.94 bits per heavy atom. The Balaban J connectivity index is 2.28. The lowest BCUT2D eigenvalue weighted by atomic mass is 10.2. The van der Waals surface area contributed by atoms with E-state index in [0.29, 0.717) is 5.76 Å². The second-order valence-corrected chi connectivity index (χ2v) is 3.22. The minimum Gasteiger partial charge on any atom is -0.463 e. The molecule has 0 bridgehead atoms. The quantitative estimate of drug-likeness (QED) is 0.456. The molecule has 2 rings (SSSR count). The van der Waals surface area contributed by atoms with Crippen LogP contribution < -0.4 is 0 Å². The topological polar surface area (TPSA) is 69.4 Å². The summed E-state index contributed by atoms with van der Waals surface area (Å²) in [4.78, 5) is 26.1. The van der Waals surface area contributed by atoms with Crippen molar-refractivity contribution in [1.29, 1.82) is 0 Å². The number of carbonyl (C=O) groups excluding carboxylic acids is 2. The number of ether oxygens (including phenoxy) is 1. The van der Waals surface area contributed by atoms with Crippen LogP contribution in [0.3, 0.4) is 0 Å². The molecule has 0 saturated heterocycles. The van der Waals surface area contributed by atoms with Gasteiger partial charge in [-0.25, -0.2) is 9.78 Å². The lowest BCUT2D eigenvalue weighted by Gasteiger charge is -1.94. The van der Waals surface area contributed by atoms with Gasteiger partial charge in [0.1, 0.15) is 0 Å². The molecule has 0 aliphatic rings. The van der Waals surface area contributed by atoms with Crippen LogP contribution in [0.15, 0.2) is 40.9 Å². The van der Waals surface area contributed by atoms with Gasteiger partial charge in [-0.3, -0.25) is 4.79 Å². The maximum absolute atomic E-state index is 11.4. The summed E-state index contributed by atoms with van der Waals surface area (Å²) in [5, 5.41) is 0. The zero-order valence-electron chi connectivity index (χ0n) is 9.04. The predicted molar refractivity (Wildman–Crippen MR) is 58.3 cm³/mol. The van der Waals surface area contributed by atoms with E-state index >= 15 is 0 Å². The van der Waals surface area contributed by atoms with Crippen LogP contribution in [0.1, 0.15) is 10.7 Å². The third-order valence-electron chi connectivity index (χ3n) is 2.13. The van der Waals surface area contributed by atoms with E-state index in [0.717, 1.165) is 12.7 Å². The molecular weight excluding hydrogens is 222 g/mol. The van der Waals surface area contributed by atoms with E-state index in [2.05, 4.69) is 9.72 Å². The predicted octanol–water partition coefficient (Wildman–Crippen LogP) is 1.70. The lowest BCUT2D eigenvalue weighted by Crippen LogP contribution is -2.15. The number of ketones is 1. The number of hydrogen-bond acceptors (Lipinski definition) is 5. The van der Waals surface area contributed by atoms with E-state index < -0.39 is 11.8 Å². The number of aromatic nitrogens is 1. The number of methoxy groups -OCH3 is 1. The molecule has 5 heteroatoms. The van der Waals surface area contributed by atoms with Crippen molar-refractivity contribution in [2.24, 2.45) is 0 Å². The summed E-state index contributed by atoms with van der Waals surface area (Å²) in [6.07, 6.45) is 1.39. The molecule has 17 heavy (non-hydrogen) atoms. The highest BCUT2D eigenvalue weighted by atomic mass is 16.5. The number of esters is 1. The summed E-state index contributed by atoms with van der Waals surface area (Å²) < 4.78 is 9.49. The number of carbonyl (C=O) groups is 2. The molecule has 0 saturated carbocycles. The van der Waals surface area contributed by atoms with Crippen molar-refractivity contribution in [2.75, 3.05) is 7.11 Å². The van der Waals surface area contributed by atoms with Crippen molar-refractivity contribution in [2.45, 2.75) is 0 Å². The Kier molecular flexibility index (Phi) is 3.00. The van der Waals surface area contributed by atoms with Crippen LogP contribution in [0.5, 0.6) is 0 Å². The van der Waals surface area contributed by atoms with Crippen molar-refractivity contribution in [1.82, 2.24) is 4.98 Å². The Morgan fingerprint density at radius 3 is 2.59 bits per heavy atom. The maximum atomic E-state index is 11.4. The third kappa shape index (κ3) is 2.23. The average molecular weight is 231 g/mol. The van der Waals surface area contributed by atoms with Gasteiger partial charge >= 0.3 is 11.8 Å². The highest BCUT2D eigenvalue weighted by Crippen LogP contribution is 2.19. The van der Waals surface area contributed by atoms with Gasteiger partial charge in [-0.2, -0.15) is 0 Å². The molecule has 86 valence electrons. The fourth-order valence-electron chi connectivity index (χ4n) is 1.29. The van der Waals surface area contributed by atoms with E-state index in [1.165, 1.54) is 6.20 Å². The standard InChI is InChI=1S/C12H9NO4/c1-16-12(15)10(14)11-13-7-9(17-11)8-5-3-2-4-6-8/h2-7H,1H3. The van der Waals surface area contributed by atoms with E-state index in [-0.39, 0.29) is 5.89 Å². The second-order valence-electron chi connectivity index (χ2n) is 3.22. The summed E-state index contributed by atoms with van der Waals surface area (Å²) in [6, 6.07) is 9.15. The van der Waals surface area contributed by atoms with Crippen LogP contribution in [0, 0.1) is 0 Å². The summed E-state index contributed by atoms with van der Waals surface area (Å²) in [6.45, 7) is 0. The highest BCUT2D eigenvalue weighted by molar-refractivity contribution is 6.39. The van der Waals surface area contributed by atoms with Crippen molar-refractivity contribution in [3.63, 3.8) is 0 Å². The molecule has 1 aromatic carbocycles. The molecule has 0 amide bonds. The van der Waals surface area contributed by atoms with Crippen LogP contribution >= 0.6 is 0 Å². The zero-order chi connectivity index (χ0) is 12.3. The summed E-state index contributed by atoms with van der Waals surface area (Å²) in [7, 11) is 1.13. The molecule has 5 nitrogen and oxygen atoms in total. The van der Waals surface area contributed by atoms with E-state index in [1.807, 2.05) is 30.3 Å². The van der Waals surface area contributed by atoms with Crippen molar-refractivity contribution < 1.29 is 18.7 Å². The monoisotopic (exact) mass is 231 g/mol. The SMILES string of the molecule is COC(=O)C(=O)c1ncc(-c2ccccc2)o1. The molecule has 0 spiro atoms. The normalized spacial score (nSPS) is 9.94. The molecule has 0 aliphatic heterocycles. The molecule has 2 aromatic rings. The molecule has 0 atom stereocenters. The van der Waals surface area contributed by atoms with Gasteiger partial charge in [0.2, 0.25) is 0 Å². The van der Waals surface area contributed by atoms with Gasteiger partial charge in [-0.15, -0.1) is 0 Å². The fourth-order valence-corrected chi connectivity index (χ4v) is 1.29. The summed E-state index contributed by atoms with van der Waals surface area (Å²) in [5.41, 5.74) is 0.781. The number of benzene rings is 1. The average Bonchev–Trinajstić information content (AvgIpc) is 2.87. The Labute approximate surface area is 97.0 Å². The lowest BCUT2D eigenvalue weighted by molar-refractivity contribution is -0.135. The van der Waals surface area contributed by atoms with Gasteiger partial charge in [-0.1, -0.05) is 30.3 Å². The van der Waals surface area contributed by atoms with Gasteiger partial charge in [0, 0.05) is 5.56 Å². The van der Waals surface area contributed by atoms with Gasteiger partial charge in [0.15, 0.2) is 5.76 Å². The Bertz CT molecular complexity index is 545. The highest BCUT2D eigenvalue weighted by Gasteiger charge is 2.22. The first kappa shape index (κ1) is 11.1. The minimum absolute atomic E-state index is 0.268. The van der Waals surface area contributed by atoms with Gasteiger partial charge in [-0.05, 0) is 0 Å². The first-order valence-electron chi connectivity index (χ1n) is 4.86. The molecule has 0 unspecified atom stereocenters. The fraction of sp³-hybridized carbons (Fsp3) is 0.0833. The zero-order valence-corrected chi connectivity index (χ0v) is 9.04. The molecule has 0 N–H and O–H groups in total. The molecular formula is C12H9NO4. The largest absolute Gasteiger partial charge is 0.463 e. The molecule has 1 aromatic heterocycles. The van der Waals surface area contributed by atoms with Crippen LogP contribution in [-0.4, -0.2) is 23.8 Å². The number of hydrogen-bond donors (Lipinski definition) is 0. The van der Waals surface area contributed by atoms with Crippen molar-refractivity contribution in [3.8, 4) is 11.3 Å². The Hall–Kier alpha value is -2.43. The first-order chi connectivity index (χ1) is 8.22. The maximum Gasteiger partial charge on any atom is 0.384 e. The third-order valence-corrected chi connectivity index (χ3v) is 2.13. The van der Waals surface area contributed by atoms with E-state index in [9.17, 15) is 9.59 Å². The minimum atomic E-state index is -0.994. The van der Waals surface area contributed by atoms with Crippen molar-refractivity contribution >= 4 is 11.8 Å². The number of Topliss-reactive ketones (excluding diaryl/α,β-unsaturated/α-hetero) is 1. The molecule has 0 radical (unpaired) electrons. The number of rotatable bonds is 3. The van der Waals surface area contributed by atoms with Gasteiger partial charge < -0.3 is 9.15 Å². The van der Waals surface area contributed by atoms with E-state index in [4.69, 9.17) is 4.42 Å². The molecule has 0 aliphatic carbocycles. The van der Waals surface area contributed by atoms with Crippen LogP contribution in [0.25, 0.3) is 11.3 Å². The summed E-state index contributed by atoms with van der Waals surface area (Å²) in [5.74, 6) is -1.73. The van der Waals surface area contributed by atoms with Crippen LogP contribution in [-0.2, 0) is 9.53 Å². The number of nitrogens with zero attached hydrogens (tertiary/aromatic N) is 1. The molecule has 1 heterocycles.